The van der Waals surface area contributed by atoms with Crippen molar-refractivity contribution in [2.45, 2.75) is 5.92 Å². The molecule has 156 valence electrons. The third-order valence-corrected chi connectivity index (χ3v) is 5.19. The number of ether oxygens (including phenoxy) is 2. The van der Waals surface area contributed by atoms with Gasteiger partial charge in [-0.3, -0.25) is 9.67 Å². The van der Waals surface area contributed by atoms with Gasteiger partial charge in [-0.15, -0.1) is 6.42 Å². The Morgan fingerprint density at radius 1 is 1.10 bits per heavy atom. The molecule has 0 radical (unpaired) electrons. The highest BCUT2D eigenvalue weighted by atomic mass is 16.5. The standard InChI is InChI=1S/C25H24N4O2/c1-5-10-29(22-12-23(30-3)14-24(13-22)31-4)21-8-9-25-18(11-21)6-7-19(15-26-25)20-16-27-28(2)17-20/h1,6-9,11-17,19H,10H2,2-4H3. The van der Waals surface area contributed by atoms with Crippen LogP contribution in [-0.4, -0.2) is 36.8 Å². The van der Waals surface area contributed by atoms with Gasteiger partial charge in [0.25, 0.3) is 0 Å². The molecule has 31 heavy (non-hydrogen) atoms. The summed E-state index contributed by atoms with van der Waals surface area (Å²) in [6, 6.07) is 11.9. The number of benzene rings is 2. The molecule has 0 fully saturated rings. The van der Waals surface area contributed by atoms with Gasteiger partial charge in [-0.25, -0.2) is 0 Å². The SMILES string of the molecule is C#CCN(c1cc(OC)cc(OC)c1)c1ccc2c(c1)C=CC(c1cnn(C)c1)C=N2. The maximum Gasteiger partial charge on any atom is 0.124 e. The molecule has 1 aliphatic rings. The zero-order chi connectivity index (χ0) is 21.8. The van der Waals surface area contributed by atoms with E-state index in [9.17, 15) is 0 Å². The lowest BCUT2D eigenvalue weighted by molar-refractivity contribution is 0.394. The molecule has 6 nitrogen and oxygen atoms in total. The van der Waals surface area contributed by atoms with Gasteiger partial charge in [0.15, 0.2) is 0 Å². The molecular weight excluding hydrogens is 388 g/mol. The Balaban J connectivity index is 1.70. The number of aliphatic imine (C=N–C) groups is 1. The summed E-state index contributed by atoms with van der Waals surface area (Å²) < 4.78 is 12.7. The molecular formula is C25H24N4O2. The minimum atomic E-state index is 0.0778. The second kappa shape index (κ2) is 8.80. The Bertz CT molecular complexity index is 1160. The topological polar surface area (TPSA) is 51.9 Å². The predicted octanol–water partition coefficient (Wildman–Crippen LogP) is 4.72. The summed E-state index contributed by atoms with van der Waals surface area (Å²) in [7, 11) is 5.18. The Morgan fingerprint density at radius 3 is 2.52 bits per heavy atom. The summed E-state index contributed by atoms with van der Waals surface area (Å²) in [5.74, 6) is 4.24. The number of rotatable bonds is 6. The van der Waals surface area contributed by atoms with Gasteiger partial charge >= 0.3 is 0 Å². The molecule has 3 aromatic rings. The lowest BCUT2D eigenvalue weighted by Gasteiger charge is -2.24. The van der Waals surface area contributed by atoms with E-state index in [1.165, 1.54) is 0 Å². The van der Waals surface area contributed by atoms with Gasteiger partial charge in [0, 0.05) is 66.1 Å². The molecule has 1 atom stereocenters. The molecule has 6 heteroatoms. The molecule has 0 aliphatic carbocycles. The van der Waals surface area contributed by atoms with Crippen molar-refractivity contribution >= 4 is 29.4 Å². The average molecular weight is 412 g/mol. The van der Waals surface area contributed by atoms with Crippen LogP contribution in [0, 0.1) is 12.3 Å². The fourth-order valence-corrected chi connectivity index (χ4v) is 3.56. The van der Waals surface area contributed by atoms with Crippen LogP contribution in [0.2, 0.25) is 0 Å². The van der Waals surface area contributed by atoms with Crippen molar-refractivity contribution in [3.05, 3.63) is 66.0 Å². The lowest BCUT2D eigenvalue weighted by Crippen LogP contribution is -2.17. The van der Waals surface area contributed by atoms with Crippen molar-refractivity contribution in [1.82, 2.24) is 9.78 Å². The maximum atomic E-state index is 5.69. The van der Waals surface area contributed by atoms with Crippen molar-refractivity contribution in [3.63, 3.8) is 0 Å². The van der Waals surface area contributed by atoms with Crippen LogP contribution >= 0.6 is 0 Å². The highest BCUT2D eigenvalue weighted by molar-refractivity contribution is 5.83. The number of allylic oxidation sites excluding steroid dienone is 1. The van der Waals surface area contributed by atoms with E-state index in [1.807, 2.05) is 60.9 Å². The fraction of sp³-hybridized carbons (Fsp3) is 0.200. The molecule has 1 aliphatic heterocycles. The monoisotopic (exact) mass is 412 g/mol. The number of nitrogens with zero attached hydrogens (tertiary/aromatic N) is 4. The maximum absolute atomic E-state index is 5.69. The summed E-state index contributed by atoms with van der Waals surface area (Å²) in [6.07, 6.45) is 15.8. The van der Waals surface area contributed by atoms with E-state index in [0.717, 1.165) is 28.2 Å². The molecule has 0 saturated heterocycles. The summed E-state index contributed by atoms with van der Waals surface area (Å²) >= 11 is 0. The van der Waals surface area contributed by atoms with Crippen LogP contribution < -0.4 is 14.4 Å². The quantitative estimate of drug-likeness (QED) is 0.550. The first-order chi connectivity index (χ1) is 15.1. The fourth-order valence-electron chi connectivity index (χ4n) is 3.56. The van der Waals surface area contributed by atoms with Crippen LogP contribution in [0.3, 0.4) is 0 Å². The third kappa shape index (κ3) is 4.31. The van der Waals surface area contributed by atoms with Crippen LogP contribution in [0.4, 0.5) is 17.1 Å². The van der Waals surface area contributed by atoms with Gasteiger partial charge in [0.2, 0.25) is 0 Å². The van der Waals surface area contributed by atoms with E-state index >= 15 is 0 Å². The summed E-state index contributed by atoms with van der Waals surface area (Å²) in [6.45, 7) is 0.403. The Kier molecular flexibility index (Phi) is 5.76. The molecule has 0 amide bonds. The van der Waals surface area contributed by atoms with Crippen molar-refractivity contribution in [1.29, 1.82) is 0 Å². The van der Waals surface area contributed by atoms with E-state index in [1.54, 1.807) is 18.9 Å². The normalized spacial score (nSPS) is 14.5. The molecule has 1 unspecified atom stereocenters. The smallest absolute Gasteiger partial charge is 0.124 e. The van der Waals surface area contributed by atoms with Crippen LogP contribution in [0.25, 0.3) is 6.08 Å². The Labute approximate surface area is 182 Å². The first kappa shape index (κ1) is 20.3. The highest BCUT2D eigenvalue weighted by Crippen LogP contribution is 2.36. The van der Waals surface area contributed by atoms with Crippen molar-refractivity contribution in [2.24, 2.45) is 12.0 Å². The van der Waals surface area contributed by atoms with E-state index in [0.29, 0.717) is 18.0 Å². The molecule has 4 rings (SSSR count). The van der Waals surface area contributed by atoms with Crippen LogP contribution in [0.5, 0.6) is 11.5 Å². The number of aromatic nitrogens is 2. The van der Waals surface area contributed by atoms with Gasteiger partial charge in [-0.1, -0.05) is 18.1 Å². The van der Waals surface area contributed by atoms with Gasteiger partial charge in [-0.05, 0) is 18.2 Å². The lowest BCUT2D eigenvalue weighted by atomic mass is 10.0. The second-order valence-corrected chi connectivity index (χ2v) is 7.21. The number of hydrogen-bond acceptors (Lipinski definition) is 5. The predicted molar refractivity (Wildman–Crippen MR) is 125 cm³/mol. The molecule has 0 N–H and O–H groups in total. The first-order valence-electron chi connectivity index (χ1n) is 9.90. The van der Waals surface area contributed by atoms with Crippen LogP contribution in [0.15, 0.2) is 59.9 Å². The minimum Gasteiger partial charge on any atom is -0.497 e. The zero-order valence-corrected chi connectivity index (χ0v) is 17.8. The van der Waals surface area contributed by atoms with Crippen molar-refractivity contribution in [2.75, 3.05) is 25.7 Å². The number of anilines is 2. The molecule has 2 heterocycles. The number of fused-ring (bicyclic) bond motifs is 1. The van der Waals surface area contributed by atoms with Crippen molar-refractivity contribution < 1.29 is 9.47 Å². The Morgan fingerprint density at radius 2 is 1.87 bits per heavy atom. The van der Waals surface area contributed by atoms with E-state index in [-0.39, 0.29) is 5.92 Å². The van der Waals surface area contributed by atoms with E-state index in [4.69, 9.17) is 20.9 Å². The zero-order valence-electron chi connectivity index (χ0n) is 17.8. The second-order valence-electron chi connectivity index (χ2n) is 7.21. The van der Waals surface area contributed by atoms with Gasteiger partial charge in [0.1, 0.15) is 11.5 Å². The molecule has 0 saturated carbocycles. The minimum absolute atomic E-state index is 0.0778. The number of methoxy groups -OCH3 is 2. The van der Waals surface area contributed by atoms with Crippen LogP contribution in [-0.2, 0) is 7.05 Å². The average Bonchev–Trinajstić information content (AvgIpc) is 3.11. The largest absolute Gasteiger partial charge is 0.497 e. The molecule has 1 aromatic heterocycles. The first-order valence-corrected chi connectivity index (χ1v) is 9.90. The van der Waals surface area contributed by atoms with Crippen LogP contribution in [0.1, 0.15) is 17.0 Å². The third-order valence-electron chi connectivity index (χ3n) is 5.19. The molecule has 0 bridgehead atoms. The van der Waals surface area contributed by atoms with Gasteiger partial charge in [0.05, 0.1) is 32.6 Å². The summed E-state index contributed by atoms with van der Waals surface area (Å²) in [5.41, 5.74) is 4.90. The van der Waals surface area contributed by atoms with E-state index in [2.05, 4.69) is 29.2 Å². The highest BCUT2D eigenvalue weighted by Gasteiger charge is 2.15. The Hall–Kier alpha value is -3.98. The number of aryl methyl sites for hydroxylation is 1. The summed E-state index contributed by atoms with van der Waals surface area (Å²) in [5, 5.41) is 4.27. The summed E-state index contributed by atoms with van der Waals surface area (Å²) in [4.78, 5) is 6.75. The molecule has 2 aromatic carbocycles. The van der Waals surface area contributed by atoms with Gasteiger partial charge < -0.3 is 14.4 Å². The number of terminal acetylenes is 1. The number of hydrogen-bond donors (Lipinski definition) is 0. The van der Waals surface area contributed by atoms with Gasteiger partial charge in [-0.2, -0.15) is 5.10 Å². The van der Waals surface area contributed by atoms with E-state index < -0.39 is 0 Å². The van der Waals surface area contributed by atoms with Crippen molar-refractivity contribution in [3.8, 4) is 23.8 Å². The molecule has 0 spiro atoms.